The number of aromatic nitrogens is 4. The molecule has 1 aliphatic rings. The van der Waals surface area contributed by atoms with E-state index in [9.17, 15) is 23.2 Å². The Morgan fingerprint density at radius 2 is 1.72 bits per heavy atom. The molecule has 13 heteroatoms. The van der Waals surface area contributed by atoms with E-state index < -0.39 is 29.8 Å². The molecule has 3 heterocycles. The van der Waals surface area contributed by atoms with Crippen LogP contribution in [0, 0.1) is 5.82 Å². The lowest BCUT2D eigenvalue weighted by Gasteiger charge is -2.24. The van der Waals surface area contributed by atoms with Crippen LogP contribution in [0.5, 0.6) is 0 Å². The molecule has 2 atom stereocenters. The van der Waals surface area contributed by atoms with Crippen LogP contribution < -0.4 is 10.6 Å². The molecule has 2 amide bonds. The monoisotopic (exact) mass is 745 g/mol. The molecule has 2 aromatic carbocycles. The Labute approximate surface area is 313 Å². The molecule has 0 spiro atoms. The third-order valence-electron chi connectivity index (χ3n) is 9.41. The van der Waals surface area contributed by atoms with E-state index >= 15 is 0 Å². The van der Waals surface area contributed by atoms with E-state index in [0.717, 1.165) is 36.9 Å². The van der Waals surface area contributed by atoms with Gasteiger partial charge in [0, 0.05) is 55.3 Å². The van der Waals surface area contributed by atoms with E-state index in [1.54, 1.807) is 24.5 Å². The minimum absolute atomic E-state index is 0.117. The summed E-state index contributed by atoms with van der Waals surface area (Å²) in [5, 5.41) is 10.8. The largest absolute Gasteiger partial charge is 0.354 e. The van der Waals surface area contributed by atoms with Crippen molar-refractivity contribution < 1.29 is 23.2 Å². The number of likely N-dealkylation sites (tertiary alicyclic amines) is 1. The lowest BCUT2D eigenvalue weighted by Crippen LogP contribution is -2.46. The average molecular weight is 746 g/mol. The summed E-state index contributed by atoms with van der Waals surface area (Å²) >= 11 is 5.97. The molecular formula is C40H46ClF2N7O3. The van der Waals surface area contributed by atoms with Gasteiger partial charge in [-0.25, -0.2) is 18.7 Å². The van der Waals surface area contributed by atoms with Crippen molar-refractivity contribution in [3.05, 3.63) is 89.6 Å². The summed E-state index contributed by atoms with van der Waals surface area (Å²) in [6.07, 6.45) is 14.8. The number of amides is 2. The second-order valence-electron chi connectivity index (χ2n) is 13.4. The van der Waals surface area contributed by atoms with E-state index in [2.05, 4.69) is 38.9 Å². The number of unbranched alkanes of at least 4 members (excludes halogenated alkanes) is 7. The van der Waals surface area contributed by atoms with Gasteiger partial charge in [0.05, 0.1) is 17.1 Å². The molecule has 0 radical (unpaired) electrons. The van der Waals surface area contributed by atoms with Crippen LogP contribution in [0.4, 0.5) is 14.7 Å². The maximum absolute atomic E-state index is 14.7. The predicted molar refractivity (Wildman–Crippen MR) is 205 cm³/mol. The molecule has 1 aliphatic heterocycles. The molecule has 1 saturated heterocycles. The smallest absolute Gasteiger partial charge is 0.245 e. The fraction of sp³-hybridized carbons (Fsp3) is 0.400. The number of rotatable bonds is 19. The fourth-order valence-electron chi connectivity index (χ4n) is 6.55. The van der Waals surface area contributed by atoms with E-state index in [1.807, 2.05) is 12.1 Å². The molecule has 5 rings (SSSR count). The molecule has 0 bridgehead atoms. The van der Waals surface area contributed by atoms with Crippen molar-refractivity contribution in [1.82, 2.24) is 30.0 Å². The van der Waals surface area contributed by atoms with Gasteiger partial charge in [-0.3, -0.25) is 19.1 Å². The summed E-state index contributed by atoms with van der Waals surface area (Å²) in [7, 11) is 0. The number of allylic oxidation sites excluding steroid dienone is 1. The van der Waals surface area contributed by atoms with Gasteiger partial charge in [0.1, 0.15) is 30.3 Å². The number of hydrogen-bond donors (Lipinski definition) is 2. The zero-order chi connectivity index (χ0) is 37.9. The van der Waals surface area contributed by atoms with Crippen LogP contribution in [0.2, 0.25) is 5.02 Å². The van der Waals surface area contributed by atoms with Gasteiger partial charge in [-0.2, -0.15) is 5.10 Å². The van der Waals surface area contributed by atoms with Gasteiger partial charge in [-0.1, -0.05) is 68.5 Å². The Bertz CT molecular complexity index is 1950. The summed E-state index contributed by atoms with van der Waals surface area (Å²) in [6.45, 7) is 8.78. The third-order valence-corrected chi connectivity index (χ3v) is 9.69. The number of ketones is 1. The lowest BCUT2D eigenvalue weighted by molar-refractivity contribution is -0.139. The first kappa shape index (κ1) is 39.2. The number of fused-ring (bicyclic) bond motifs is 1. The van der Waals surface area contributed by atoms with Gasteiger partial charge in [0.2, 0.25) is 17.8 Å². The number of nitrogens with one attached hydrogen (secondary N) is 2. The van der Waals surface area contributed by atoms with Crippen LogP contribution in [-0.4, -0.2) is 67.5 Å². The minimum Gasteiger partial charge on any atom is -0.354 e. The normalized spacial score (nSPS) is 15.4. The predicted octanol–water partition coefficient (Wildman–Crippen LogP) is 8.11. The van der Waals surface area contributed by atoms with Crippen LogP contribution in [0.15, 0.2) is 62.0 Å². The van der Waals surface area contributed by atoms with Crippen molar-refractivity contribution in [2.45, 2.75) is 90.0 Å². The van der Waals surface area contributed by atoms with E-state index in [0.29, 0.717) is 22.4 Å². The van der Waals surface area contributed by atoms with Crippen LogP contribution in [-0.2, 0) is 22.7 Å². The first-order valence-electron chi connectivity index (χ1n) is 18.1. The molecule has 10 nitrogen and oxygen atoms in total. The summed E-state index contributed by atoms with van der Waals surface area (Å²) in [4.78, 5) is 49.5. The molecular weight excluding hydrogens is 700 g/mol. The SMILES string of the molecule is C=CCCCCCCCCCNc1ncc(-c2ccc3c(c2)c(C(C)=O)nn3CC(=O)N2C[C@H](F)C[C@H]2C(=O)NCc2cc(C=C)cc(Cl)c2F)cn1. The van der Waals surface area contributed by atoms with Crippen LogP contribution in [0.1, 0.15) is 86.3 Å². The van der Waals surface area contributed by atoms with Crippen molar-refractivity contribution in [3.63, 3.8) is 0 Å². The Morgan fingerprint density at radius 3 is 2.42 bits per heavy atom. The van der Waals surface area contributed by atoms with Gasteiger partial charge < -0.3 is 15.5 Å². The Hall–Kier alpha value is -4.97. The molecule has 0 unspecified atom stereocenters. The first-order valence-corrected chi connectivity index (χ1v) is 18.5. The number of halogens is 3. The average Bonchev–Trinajstić information content (AvgIpc) is 3.73. The molecule has 4 aromatic rings. The van der Waals surface area contributed by atoms with Crippen LogP contribution >= 0.6 is 11.6 Å². The van der Waals surface area contributed by atoms with Gasteiger partial charge in [-0.15, -0.1) is 6.58 Å². The van der Waals surface area contributed by atoms with E-state index in [-0.39, 0.29) is 48.1 Å². The Kier molecular flexibility index (Phi) is 13.8. The fourth-order valence-corrected chi connectivity index (χ4v) is 6.80. The molecule has 0 aliphatic carbocycles. The van der Waals surface area contributed by atoms with Crippen LogP contribution in [0.25, 0.3) is 28.1 Å². The maximum atomic E-state index is 14.7. The van der Waals surface area contributed by atoms with Crippen molar-refractivity contribution in [2.24, 2.45) is 0 Å². The van der Waals surface area contributed by atoms with Crippen molar-refractivity contribution >= 4 is 52.1 Å². The summed E-state index contributed by atoms with van der Waals surface area (Å²) in [5.41, 5.74) is 2.90. The number of Topliss-reactive ketones (excluding diaryl/α,β-unsaturated/α-hetero) is 1. The number of anilines is 1. The highest BCUT2D eigenvalue weighted by Crippen LogP contribution is 2.28. The van der Waals surface area contributed by atoms with Crippen molar-refractivity contribution in [3.8, 4) is 11.1 Å². The standard InChI is InChI=1S/C40H46ClF2N7O3/c1-4-6-7-8-9-10-11-12-13-16-44-40-46-22-30(23-47-40)28-14-15-34-32(19-28)38(26(3)51)48-50(34)25-36(52)49-24-31(42)20-35(49)39(53)45-21-29-17-27(5-2)18-33(41)37(29)43/h4-5,14-15,17-19,22-23,31,35H,1-2,6-13,16,20-21,24-25H2,3H3,(H,45,53)(H,44,46,47)/t31-,35+/m1/s1. The van der Waals surface area contributed by atoms with Gasteiger partial charge in [-0.05, 0) is 54.7 Å². The highest BCUT2D eigenvalue weighted by atomic mass is 35.5. The molecule has 2 aromatic heterocycles. The highest BCUT2D eigenvalue weighted by Gasteiger charge is 2.40. The number of nitrogens with zero attached hydrogens (tertiary/aromatic N) is 5. The minimum atomic E-state index is -1.43. The van der Waals surface area contributed by atoms with Crippen molar-refractivity contribution in [1.29, 1.82) is 0 Å². The van der Waals surface area contributed by atoms with Crippen molar-refractivity contribution in [2.75, 3.05) is 18.4 Å². The van der Waals surface area contributed by atoms with Gasteiger partial charge >= 0.3 is 0 Å². The number of benzene rings is 2. The molecule has 2 N–H and O–H groups in total. The number of carbonyl (C=O) groups is 3. The maximum Gasteiger partial charge on any atom is 0.245 e. The highest BCUT2D eigenvalue weighted by molar-refractivity contribution is 6.31. The lowest BCUT2D eigenvalue weighted by atomic mass is 10.0. The quantitative estimate of drug-likeness (QED) is 0.0565. The first-order chi connectivity index (χ1) is 25.6. The van der Waals surface area contributed by atoms with Gasteiger partial charge in [0.15, 0.2) is 5.78 Å². The summed E-state index contributed by atoms with van der Waals surface area (Å²) < 4.78 is 30.7. The van der Waals surface area contributed by atoms with Crippen LogP contribution in [0.3, 0.4) is 0 Å². The second-order valence-corrected chi connectivity index (χ2v) is 13.8. The zero-order valence-electron chi connectivity index (χ0n) is 30.1. The summed E-state index contributed by atoms with van der Waals surface area (Å²) in [5.74, 6) is -1.61. The van der Waals surface area contributed by atoms with E-state index in [4.69, 9.17) is 11.6 Å². The molecule has 0 saturated carbocycles. The molecule has 53 heavy (non-hydrogen) atoms. The zero-order valence-corrected chi connectivity index (χ0v) is 30.8. The molecule has 1 fully saturated rings. The number of carbonyl (C=O) groups excluding carboxylic acids is 3. The molecule has 280 valence electrons. The van der Waals surface area contributed by atoms with Gasteiger partial charge in [0.25, 0.3) is 0 Å². The summed E-state index contributed by atoms with van der Waals surface area (Å²) in [6, 6.07) is 7.20. The Balaban J connectivity index is 1.21. The number of hydrogen-bond acceptors (Lipinski definition) is 7. The van der Waals surface area contributed by atoms with E-state index in [1.165, 1.54) is 66.8 Å². The second kappa shape index (κ2) is 18.7. The number of alkyl halides is 1. The third kappa shape index (κ3) is 10.1. The topological polar surface area (TPSA) is 122 Å². The Morgan fingerprint density at radius 1 is 1.00 bits per heavy atom.